The van der Waals surface area contributed by atoms with Crippen LogP contribution in [0.1, 0.15) is 33.1 Å². The molecular formula is C14H27ClF3N3O3S. The number of carbonyl (C=O) groups is 1. The molecule has 11 heteroatoms. The number of rotatable bonds is 6. The van der Waals surface area contributed by atoms with Crippen LogP contribution in [-0.2, 0) is 14.8 Å². The minimum atomic E-state index is -4.60. The maximum Gasteiger partial charge on any atom is 0.402 e. The molecule has 0 aliphatic carbocycles. The fourth-order valence-electron chi connectivity index (χ4n) is 2.91. The van der Waals surface area contributed by atoms with E-state index >= 15 is 0 Å². The van der Waals surface area contributed by atoms with Crippen molar-refractivity contribution < 1.29 is 26.4 Å². The quantitative estimate of drug-likeness (QED) is 0.722. The maximum absolute atomic E-state index is 12.6. The van der Waals surface area contributed by atoms with Crippen LogP contribution < -0.4 is 5.73 Å². The van der Waals surface area contributed by atoms with Gasteiger partial charge in [-0.1, -0.05) is 13.8 Å². The lowest BCUT2D eigenvalue weighted by Crippen LogP contribution is -2.53. The van der Waals surface area contributed by atoms with E-state index in [0.29, 0.717) is 10.7 Å². The summed E-state index contributed by atoms with van der Waals surface area (Å²) >= 11 is 0. The van der Waals surface area contributed by atoms with E-state index in [4.69, 9.17) is 5.73 Å². The molecule has 0 aromatic carbocycles. The molecule has 1 amide bonds. The van der Waals surface area contributed by atoms with Crippen LogP contribution in [0.4, 0.5) is 13.2 Å². The van der Waals surface area contributed by atoms with Crippen molar-refractivity contribution in [2.75, 3.05) is 25.9 Å². The normalized spacial score (nSPS) is 18.4. The Morgan fingerprint density at radius 2 is 1.76 bits per heavy atom. The van der Waals surface area contributed by atoms with Crippen molar-refractivity contribution in [2.45, 2.75) is 51.4 Å². The predicted molar refractivity (Wildman–Crippen MR) is 91.9 cm³/mol. The van der Waals surface area contributed by atoms with Crippen molar-refractivity contribution in [2.24, 2.45) is 11.7 Å². The van der Waals surface area contributed by atoms with Crippen LogP contribution >= 0.6 is 12.4 Å². The van der Waals surface area contributed by atoms with E-state index in [1.807, 2.05) is 13.8 Å². The van der Waals surface area contributed by atoms with Crippen LogP contribution in [0.2, 0.25) is 0 Å². The van der Waals surface area contributed by atoms with Gasteiger partial charge in [-0.25, -0.2) is 8.42 Å². The third-order valence-corrected chi connectivity index (χ3v) is 5.27. The van der Waals surface area contributed by atoms with Crippen molar-refractivity contribution in [1.29, 1.82) is 0 Å². The Bertz CT molecular complexity index is 535. The molecule has 0 bridgehead atoms. The van der Waals surface area contributed by atoms with Gasteiger partial charge in [0.2, 0.25) is 15.9 Å². The highest BCUT2D eigenvalue weighted by molar-refractivity contribution is 7.88. The maximum atomic E-state index is 12.6. The molecule has 2 N–H and O–H groups in total. The van der Waals surface area contributed by atoms with E-state index in [-0.39, 0.29) is 50.2 Å². The van der Waals surface area contributed by atoms with E-state index in [1.54, 1.807) is 0 Å². The number of nitrogens with two attached hydrogens (primary N) is 1. The van der Waals surface area contributed by atoms with Gasteiger partial charge in [0.15, 0.2) is 0 Å². The number of alkyl halides is 3. The average molecular weight is 410 g/mol. The molecule has 0 spiro atoms. The van der Waals surface area contributed by atoms with Crippen LogP contribution in [0.15, 0.2) is 0 Å². The second-order valence-corrected chi connectivity index (χ2v) is 8.65. The van der Waals surface area contributed by atoms with E-state index in [0.717, 1.165) is 6.26 Å². The highest BCUT2D eigenvalue weighted by Crippen LogP contribution is 2.25. The first-order valence-electron chi connectivity index (χ1n) is 7.89. The fraction of sp³-hybridized carbons (Fsp3) is 0.929. The lowest BCUT2D eigenvalue weighted by molar-refractivity contribution is -0.143. The van der Waals surface area contributed by atoms with Crippen molar-refractivity contribution in [3.8, 4) is 0 Å². The number of amides is 1. The zero-order chi connectivity index (χ0) is 18.7. The summed E-state index contributed by atoms with van der Waals surface area (Å²) in [6, 6.07) is -1.39. The lowest BCUT2D eigenvalue weighted by Gasteiger charge is -2.38. The molecule has 1 heterocycles. The predicted octanol–water partition coefficient (Wildman–Crippen LogP) is 1.60. The summed E-state index contributed by atoms with van der Waals surface area (Å²) in [6.07, 6.45) is -2.96. The summed E-state index contributed by atoms with van der Waals surface area (Å²) < 4.78 is 61.8. The van der Waals surface area contributed by atoms with Crippen molar-refractivity contribution in [3.63, 3.8) is 0 Å². The number of nitrogens with zero attached hydrogens (tertiary/aromatic N) is 2. The third kappa shape index (κ3) is 8.10. The van der Waals surface area contributed by atoms with Gasteiger partial charge in [0, 0.05) is 19.1 Å². The van der Waals surface area contributed by atoms with E-state index in [9.17, 15) is 26.4 Å². The topological polar surface area (TPSA) is 83.7 Å². The second-order valence-electron chi connectivity index (χ2n) is 6.72. The van der Waals surface area contributed by atoms with E-state index < -0.39 is 34.8 Å². The van der Waals surface area contributed by atoms with Gasteiger partial charge < -0.3 is 10.6 Å². The van der Waals surface area contributed by atoms with Crippen LogP contribution in [-0.4, -0.2) is 67.7 Å². The van der Waals surface area contributed by atoms with Gasteiger partial charge in [-0.2, -0.15) is 17.5 Å². The smallest absolute Gasteiger partial charge is 0.341 e. The number of sulfonamides is 1. The lowest BCUT2D eigenvalue weighted by atomic mass is 10.0. The second kappa shape index (κ2) is 9.38. The summed E-state index contributed by atoms with van der Waals surface area (Å²) in [5, 5.41) is 0. The largest absolute Gasteiger partial charge is 0.402 e. The Balaban J connectivity index is 0.00000576. The average Bonchev–Trinajstić information content (AvgIpc) is 2.41. The summed E-state index contributed by atoms with van der Waals surface area (Å²) in [5.74, 6) is 0.0258. The van der Waals surface area contributed by atoms with Gasteiger partial charge in [0.25, 0.3) is 0 Å². The molecule has 1 rings (SSSR count). The molecule has 25 heavy (non-hydrogen) atoms. The molecule has 0 radical (unpaired) electrons. The summed E-state index contributed by atoms with van der Waals surface area (Å²) in [7, 11) is -3.98. The molecule has 1 saturated heterocycles. The molecule has 6 nitrogen and oxygen atoms in total. The first-order chi connectivity index (χ1) is 10.8. The van der Waals surface area contributed by atoms with Crippen LogP contribution in [0, 0.1) is 5.92 Å². The minimum Gasteiger partial charge on any atom is -0.341 e. The van der Waals surface area contributed by atoms with Gasteiger partial charge >= 0.3 is 6.18 Å². The zero-order valence-electron chi connectivity index (χ0n) is 14.6. The monoisotopic (exact) mass is 409 g/mol. The fourth-order valence-corrected chi connectivity index (χ4v) is 4.04. The number of hydrogen-bond acceptors (Lipinski definition) is 4. The highest BCUT2D eigenvalue weighted by Gasteiger charge is 2.40. The summed E-state index contributed by atoms with van der Waals surface area (Å²) in [5.41, 5.74) is 5.85. The van der Waals surface area contributed by atoms with Gasteiger partial charge in [-0.15, -0.1) is 12.4 Å². The van der Waals surface area contributed by atoms with Gasteiger partial charge in [0.1, 0.15) is 6.54 Å². The number of likely N-dealkylation sites (tertiary alicyclic amines) is 1. The first kappa shape index (κ1) is 24.4. The van der Waals surface area contributed by atoms with E-state index in [1.165, 1.54) is 4.90 Å². The molecular weight excluding hydrogens is 383 g/mol. The highest BCUT2D eigenvalue weighted by atomic mass is 35.5. The zero-order valence-corrected chi connectivity index (χ0v) is 16.3. The van der Waals surface area contributed by atoms with Crippen molar-refractivity contribution in [1.82, 2.24) is 9.21 Å². The molecule has 0 unspecified atom stereocenters. The molecule has 0 saturated carbocycles. The van der Waals surface area contributed by atoms with Crippen LogP contribution in [0.5, 0.6) is 0 Å². The Labute approximate surface area is 153 Å². The van der Waals surface area contributed by atoms with Gasteiger partial charge in [-0.05, 0) is 25.2 Å². The molecule has 150 valence electrons. The first-order valence-corrected chi connectivity index (χ1v) is 9.74. The van der Waals surface area contributed by atoms with Crippen molar-refractivity contribution in [3.05, 3.63) is 0 Å². The number of carbonyl (C=O) groups excluding carboxylic acids is 1. The molecule has 1 aliphatic rings. The van der Waals surface area contributed by atoms with Crippen LogP contribution in [0.25, 0.3) is 0 Å². The number of piperidine rings is 1. The summed E-state index contributed by atoms with van der Waals surface area (Å²) in [6.45, 7) is 2.80. The Morgan fingerprint density at radius 3 is 2.12 bits per heavy atom. The molecule has 0 aromatic rings. The van der Waals surface area contributed by atoms with Crippen molar-refractivity contribution >= 4 is 28.3 Å². The molecule has 1 aliphatic heterocycles. The van der Waals surface area contributed by atoms with E-state index in [2.05, 4.69) is 0 Å². The third-order valence-electron chi connectivity index (χ3n) is 3.99. The minimum absolute atomic E-state index is 0. The Morgan fingerprint density at radius 1 is 1.28 bits per heavy atom. The Hall–Kier alpha value is -0.580. The molecule has 1 fully saturated rings. The molecule has 0 aromatic heterocycles. The summed E-state index contributed by atoms with van der Waals surface area (Å²) in [4.78, 5) is 13.7. The SMILES string of the molecule is CC(C)C[C@H](N)C(=O)N1CCC(N(CC(F)(F)F)S(C)(=O)=O)CC1.Cl. The van der Waals surface area contributed by atoms with Crippen LogP contribution in [0.3, 0.4) is 0 Å². The standard InChI is InChI=1S/C14H26F3N3O3S.ClH/c1-10(2)8-12(18)13(21)19-6-4-11(5-7-19)20(24(3,22)23)9-14(15,16)17;/h10-12H,4-9,18H2,1-3H3;1H/t12-;/m0./s1. The number of halogens is 4. The van der Waals surface area contributed by atoms with Gasteiger partial charge in [0.05, 0.1) is 12.3 Å². The Kier molecular flexibility index (Phi) is 9.17. The number of hydrogen-bond donors (Lipinski definition) is 1. The molecule has 1 atom stereocenters. The van der Waals surface area contributed by atoms with Gasteiger partial charge in [-0.3, -0.25) is 4.79 Å².